The second kappa shape index (κ2) is 3.72. The van der Waals surface area contributed by atoms with Crippen molar-refractivity contribution in [3.05, 3.63) is 11.1 Å². The zero-order chi connectivity index (χ0) is 8.27. The van der Waals surface area contributed by atoms with E-state index < -0.39 is 0 Å². The molecular formula is C8H14N2S. The normalized spacial score (nSPS) is 10.5. The first-order valence-corrected chi connectivity index (χ1v) is 4.72. The Bertz CT molecular complexity index is 218. The third-order valence-electron chi connectivity index (χ3n) is 1.28. The monoisotopic (exact) mass is 170 g/mol. The van der Waals surface area contributed by atoms with Crippen LogP contribution in [0.4, 0.5) is 5.13 Å². The molecule has 0 aliphatic heterocycles. The van der Waals surface area contributed by atoms with Gasteiger partial charge in [0.05, 0.1) is 5.69 Å². The zero-order valence-corrected chi connectivity index (χ0v) is 8.03. The molecule has 0 aromatic carbocycles. The Hall–Kier alpha value is -0.570. The minimum absolute atomic E-state index is 0.680. The van der Waals surface area contributed by atoms with Crippen LogP contribution in [0.3, 0.4) is 0 Å². The third-order valence-corrected chi connectivity index (χ3v) is 2.20. The fourth-order valence-corrected chi connectivity index (χ4v) is 1.42. The van der Waals surface area contributed by atoms with Gasteiger partial charge in [-0.2, -0.15) is 0 Å². The van der Waals surface area contributed by atoms with Gasteiger partial charge in [0.1, 0.15) is 0 Å². The first-order valence-electron chi connectivity index (χ1n) is 3.84. The molecule has 0 unspecified atom stereocenters. The van der Waals surface area contributed by atoms with E-state index in [0.29, 0.717) is 5.92 Å². The molecule has 1 heterocycles. The van der Waals surface area contributed by atoms with Gasteiger partial charge in [0, 0.05) is 11.9 Å². The van der Waals surface area contributed by atoms with Gasteiger partial charge in [-0.3, -0.25) is 0 Å². The van der Waals surface area contributed by atoms with Gasteiger partial charge in [-0.15, -0.1) is 11.3 Å². The number of anilines is 1. The molecular weight excluding hydrogens is 156 g/mol. The van der Waals surface area contributed by atoms with E-state index in [9.17, 15) is 0 Å². The van der Waals surface area contributed by atoms with Crippen LogP contribution in [0, 0.1) is 12.8 Å². The van der Waals surface area contributed by atoms with Crippen molar-refractivity contribution in [1.82, 2.24) is 4.98 Å². The van der Waals surface area contributed by atoms with Gasteiger partial charge < -0.3 is 5.32 Å². The molecule has 0 spiro atoms. The van der Waals surface area contributed by atoms with Gasteiger partial charge in [-0.25, -0.2) is 4.98 Å². The molecule has 0 radical (unpaired) electrons. The summed E-state index contributed by atoms with van der Waals surface area (Å²) in [5.74, 6) is 0.680. The van der Waals surface area contributed by atoms with Gasteiger partial charge in [-0.05, 0) is 12.8 Å². The first kappa shape index (κ1) is 8.53. The highest BCUT2D eigenvalue weighted by Gasteiger charge is 1.97. The number of nitrogens with zero attached hydrogens (tertiary/aromatic N) is 1. The summed E-state index contributed by atoms with van der Waals surface area (Å²) in [5.41, 5.74) is 1.10. The van der Waals surface area contributed by atoms with Crippen molar-refractivity contribution in [1.29, 1.82) is 0 Å². The standard InChI is InChI=1S/C8H14N2S/c1-6(2)4-9-8-10-7(3)5-11-8/h5-6H,4H2,1-3H3,(H,9,10). The third kappa shape index (κ3) is 2.89. The lowest BCUT2D eigenvalue weighted by Gasteiger charge is -2.04. The zero-order valence-electron chi connectivity index (χ0n) is 7.22. The molecule has 0 saturated carbocycles. The van der Waals surface area contributed by atoms with Crippen LogP contribution >= 0.6 is 11.3 Å². The first-order chi connectivity index (χ1) is 5.18. The second-order valence-electron chi connectivity index (χ2n) is 3.07. The molecule has 3 heteroatoms. The molecule has 2 nitrogen and oxygen atoms in total. The smallest absolute Gasteiger partial charge is 0.182 e. The summed E-state index contributed by atoms with van der Waals surface area (Å²) in [4.78, 5) is 4.29. The number of aryl methyl sites for hydroxylation is 1. The largest absolute Gasteiger partial charge is 0.361 e. The summed E-state index contributed by atoms with van der Waals surface area (Å²) in [6.45, 7) is 7.39. The van der Waals surface area contributed by atoms with Crippen molar-refractivity contribution in [2.24, 2.45) is 5.92 Å². The van der Waals surface area contributed by atoms with Gasteiger partial charge in [-0.1, -0.05) is 13.8 Å². The molecule has 0 saturated heterocycles. The Morgan fingerprint density at radius 1 is 1.64 bits per heavy atom. The predicted octanol–water partition coefficient (Wildman–Crippen LogP) is 2.52. The topological polar surface area (TPSA) is 24.9 Å². The van der Waals surface area contributed by atoms with Crippen LogP contribution in [0.1, 0.15) is 19.5 Å². The van der Waals surface area contributed by atoms with E-state index in [-0.39, 0.29) is 0 Å². The van der Waals surface area contributed by atoms with Crippen LogP contribution in [0.5, 0.6) is 0 Å². The molecule has 62 valence electrons. The van der Waals surface area contributed by atoms with Crippen LogP contribution in [-0.4, -0.2) is 11.5 Å². The highest BCUT2D eigenvalue weighted by atomic mass is 32.1. The molecule has 0 aliphatic rings. The molecule has 0 atom stereocenters. The number of hydrogen-bond donors (Lipinski definition) is 1. The molecule has 1 aromatic rings. The predicted molar refractivity (Wildman–Crippen MR) is 50.2 cm³/mol. The van der Waals surface area contributed by atoms with E-state index in [0.717, 1.165) is 17.4 Å². The molecule has 0 aliphatic carbocycles. The van der Waals surface area contributed by atoms with Crippen molar-refractivity contribution < 1.29 is 0 Å². The Morgan fingerprint density at radius 3 is 2.82 bits per heavy atom. The van der Waals surface area contributed by atoms with E-state index in [4.69, 9.17) is 0 Å². The van der Waals surface area contributed by atoms with Gasteiger partial charge in [0.15, 0.2) is 5.13 Å². The molecule has 1 N–H and O–H groups in total. The van der Waals surface area contributed by atoms with E-state index in [1.165, 1.54) is 0 Å². The van der Waals surface area contributed by atoms with Crippen molar-refractivity contribution in [3.8, 4) is 0 Å². The summed E-state index contributed by atoms with van der Waals surface area (Å²) in [6, 6.07) is 0. The Kier molecular flexibility index (Phi) is 2.88. The van der Waals surface area contributed by atoms with Crippen molar-refractivity contribution in [3.63, 3.8) is 0 Å². The summed E-state index contributed by atoms with van der Waals surface area (Å²) in [5, 5.41) is 6.37. The Labute approximate surface area is 71.7 Å². The fourth-order valence-electron chi connectivity index (χ4n) is 0.727. The summed E-state index contributed by atoms with van der Waals surface area (Å²) in [7, 11) is 0. The van der Waals surface area contributed by atoms with Crippen LogP contribution in [0.15, 0.2) is 5.38 Å². The lowest BCUT2D eigenvalue weighted by Crippen LogP contribution is -2.07. The minimum Gasteiger partial charge on any atom is -0.361 e. The highest BCUT2D eigenvalue weighted by molar-refractivity contribution is 7.13. The number of rotatable bonds is 3. The average Bonchev–Trinajstić information content (AvgIpc) is 2.31. The van der Waals surface area contributed by atoms with Crippen LogP contribution in [0.25, 0.3) is 0 Å². The van der Waals surface area contributed by atoms with E-state index in [1.807, 2.05) is 6.92 Å². The number of hydrogen-bond acceptors (Lipinski definition) is 3. The summed E-state index contributed by atoms with van der Waals surface area (Å²) >= 11 is 1.67. The van der Waals surface area contributed by atoms with Crippen molar-refractivity contribution in [2.45, 2.75) is 20.8 Å². The maximum atomic E-state index is 4.29. The van der Waals surface area contributed by atoms with Gasteiger partial charge >= 0.3 is 0 Å². The lowest BCUT2D eigenvalue weighted by atomic mass is 10.2. The van der Waals surface area contributed by atoms with Crippen molar-refractivity contribution in [2.75, 3.05) is 11.9 Å². The number of thiazole rings is 1. The number of aromatic nitrogens is 1. The van der Waals surface area contributed by atoms with E-state index in [1.54, 1.807) is 11.3 Å². The van der Waals surface area contributed by atoms with Crippen LogP contribution in [0.2, 0.25) is 0 Å². The quantitative estimate of drug-likeness (QED) is 0.754. The number of nitrogens with one attached hydrogen (secondary N) is 1. The molecule has 1 rings (SSSR count). The molecule has 0 bridgehead atoms. The van der Waals surface area contributed by atoms with Crippen LogP contribution < -0.4 is 5.32 Å². The SMILES string of the molecule is Cc1csc(NCC(C)C)n1. The highest BCUT2D eigenvalue weighted by Crippen LogP contribution is 2.14. The van der Waals surface area contributed by atoms with Gasteiger partial charge in [0.2, 0.25) is 0 Å². The maximum Gasteiger partial charge on any atom is 0.182 e. The minimum atomic E-state index is 0.680. The molecule has 0 fully saturated rings. The average molecular weight is 170 g/mol. The van der Waals surface area contributed by atoms with Crippen LogP contribution in [-0.2, 0) is 0 Å². The molecule has 11 heavy (non-hydrogen) atoms. The second-order valence-corrected chi connectivity index (χ2v) is 3.93. The fraction of sp³-hybridized carbons (Fsp3) is 0.625. The maximum absolute atomic E-state index is 4.29. The van der Waals surface area contributed by atoms with E-state index >= 15 is 0 Å². The Balaban J connectivity index is 2.39. The lowest BCUT2D eigenvalue weighted by molar-refractivity contribution is 0.688. The summed E-state index contributed by atoms with van der Waals surface area (Å²) in [6.07, 6.45) is 0. The Morgan fingerprint density at radius 2 is 2.36 bits per heavy atom. The molecule has 1 aromatic heterocycles. The summed E-state index contributed by atoms with van der Waals surface area (Å²) < 4.78 is 0. The van der Waals surface area contributed by atoms with Crippen molar-refractivity contribution >= 4 is 16.5 Å². The molecule has 0 amide bonds. The van der Waals surface area contributed by atoms with E-state index in [2.05, 4.69) is 29.5 Å². The van der Waals surface area contributed by atoms with Gasteiger partial charge in [0.25, 0.3) is 0 Å².